The van der Waals surface area contributed by atoms with E-state index in [1.54, 1.807) is 19.9 Å². The van der Waals surface area contributed by atoms with Crippen LogP contribution >= 0.6 is 0 Å². The average Bonchev–Trinajstić information content (AvgIpc) is 2.65. The summed E-state index contributed by atoms with van der Waals surface area (Å²) in [6.45, 7) is 11.7. The number of nitrogens with one attached hydrogen (secondary N) is 1. The Morgan fingerprint density at radius 2 is 1.97 bits per heavy atom. The average molecular weight is 405 g/mol. The van der Waals surface area contributed by atoms with E-state index < -0.39 is 17.1 Å². The molecule has 0 fully saturated rings. The lowest BCUT2D eigenvalue weighted by molar-refractivity contribution is 0.00471. The number of ether oxygens (including phenoxy) is 1. The molecule has 0 saturated carbocycles. The van der Waals surface area contributed by atoms with Crippen LogP contribution in [0.5, 0.6) is 0 Å². The van der Waals surface area contributed by atoms with Crippen LogP contribution < -0.4 is 15.8 Å². The molecule has 0 radical (unpaired) electrons. The maximum absolute atomic E-state index is 12.4. The van der Waals surface area contributed by atoms with E-state index in [9.17, 15) is 14.7 Å². The van der Waals surface area contributed by atoms with Gasteiger partial charge in [0.25, 0.3) is 5.91 Å². The number of carbonyl (C=O) groups is 1. The van der Waals surface area contributed by atoms with Crippen molar-refractivity contribution in [3.8, 4) is 0 Å². The molecule has 1 aromatic heterocycles. The lowest BCUT2D eigenvalue weighted by Crippen LogP contribution is -2.35. The van der Waals surface area contributed by atoms with Gasteiger partial charge in [0.1, 0.15) is 11.1 Å². The van der Waals surface area contributed by atoms with E-state index in [0.717, 1.165) is 18.8 Å². The van der Waals surface area contributed by atoms with Gasteiger partial charge in [0.05, 0.1) is 11.7 Å². The van der Waals surface area contributed by atoms with Crippen molar-refractivity contribution in [3.63, 3.8) is 0 Å². The van der Waals surface area contributed by atoms with Crippen LogP contribution in [0.25, 0.3) is 11.0 Å². The molecule has 0 spiro atoms. The van der Waals surface area contributed by atoms with Crippen LogP contribution in [0.3, 0.4) is 0 Å². The first kappa shape index (κ1) is 22.9. The Balaban J connectivity index is 2.05. The van der Waals surface area contributed by atoms with Crippen LogP contribution in [-0.4, -0.2) is 49.0 Å². The van der Waals surface area contributed by atoms with Gasteiger partial charge in [0.15, 0.2) is 0 Å². The first-order valence-corrected chi connectivity index (χ1v) is 10.1. The zero-order chi connectivity index (χ0) is 21.6. The highest BCUT2D eigenvalue weighted by molar-refractivity contribution is 5.97. The molecule has 160 valence electrons. The number of fused-ring (bicyclic) bond motifs is 1. The van der Waals surface area contributed by atoms with Crippen molar-refractivity contribution >= 4 is 22.6 Å². The molecule has 1 unspecified atom stereocenters. The molecule has 2 aromatic rings. The monoisotopic (exact) mass is 404 g/mol. The summed E-state index contributed by atoms with van der Waals surface area (Å²) in [5.74, 6) is -0.494. The number of anilines is 1. The quantitative estimate of drug-likeness (QED) is 0.592. The molecule has 7 heteroatoms. The molecule has 29 heavy (non-hydrogen) atoms. The Kier molecular flexibility index (Phi) is 7.81. The van der Waals surface area contributed by atoms with Crippen molar-refractivity contribution in [2.45, 2.75) is 52.7 Å². The lowest BCUT2D eigenvalue weighted by Gasteiger charge is -2.21. The van der Waals surface area contributed by atoms with Gasteiger partial charge >= 0.3 is 5.63 Å². The van der Waals surface area contributed by atoms with Gasteiger partial charge in [-0.3, -0.25) is 4.79 Å². The molecular weight excluding hydrogens is 372 g/mol. The number of amides is 1. The van der Waals surface area contributed by atoms with Crippen molar-refractivity contribution in [1.82, 2.24) is 5.32 Å². The van der Waals surface area contributed by atoms with Crippen LogP contribution in [0.4, 0.5) is 5.69 Å². The van der Waals surface area contributed by atoms with Gasteiger partial charge in [-0.25, -0.2) is 4.79 Å². The number of rotatable bonds is 10. The van der Waals surface area contributed by atoms with E-state index in [2.05, 4.69) is 24.1 Å². The molecule has 7 nitrogen and oxygen atoms in total. The molecule has 1 amide bonds. The van der Waals surface area contributed by atoms with Crippen LogP contribution in [-0.2, 0) is 4.74 Å². The third kappa shape index (κ3) is 6.58. The third-order valence-electron chi connectivity index (χ3n) is 4.76. The molecule has 0 bridgehead atoms. The second-order valence-corrected chi connectivity index (χ2v) is 7.80. The highest BCUT2D eigenvalue weighted by Gasteiger charge is 2.17. The van der Waals surface area contributed by atoms with Gasteiger partial charge in [-0.05, 0) is 59.2 Å². The van der Waals surface area contributed by atoms with E-state index in [1.165, 1.54) is 0 Å². The molecule has 0 aliphatic heterocycles. The lowest BCUT2D eigenvalue weighted by atomic mass is 10.1. The van der Waals surface area contributed by atoms with E-state index in [-0.39, 0.29) is 18.2 Å². The molecule has 1 heterocycles. The van der Waals surface area contributed by atoms with Crippen LogP contribution in [0.2, 0.25) is 0 Å². The fourth-order valence-corrected chi connectivity index (χ4v) is 2.94. The number of carbonyl (C=O) groups excluding carboxylic acids is 1. The number of hydrogen-bond donors (Lipinski definition) is 2. The van der Waals surface area contributed by atoms with Crippen molar-refractivity contribution in [2.75, 3.05) is 31.1 Å². The van der Waals surface area contributed by atoms with Gasteiger partial charge in [-0.2, -0.15) is 0 Å². The minimum Gasteiger partial charge on any atom is -0.422 e. The van der Waals surface area contributed by atoms with Gasteiger partial charge in [0, 0.05) is 43.4 Å². The summed E-state index contributed by atoms with van der Waals surface area (Å²) in [5.41, 5.74) is -0.0590. The van der Waals surface area contributed by atoms with Crippen molar-refractivity contribution in [3.05, 3.63) is 40.2 Å². The fraction of sp³-hybridized carbons (Fsp3) is 0.545. The van der Waals surface area contributed by atoms with Gasteiger partial charge < -0.3 is 24.5 Å². The predicted molar refractivity (Wildman–Crippen MR) is 115 cm³/mol. The molecule has 1 atom stereocenters. The second kappa shape index (κ2) is 9.89. The summed E-state index contributed by atoms with van der Waals surface area (Å²) in [5, 5.41) is 13.1. The molecule has 2 N–H and O–H groups in total. The Morgan fingerprint density at radius 3 is 2.59 bits per heavy atom. The van der Waals surface area contributed by atoms with E-state index in [0.29, 0.717) is 24.0 Å². The van der Waals surface area contributed by atoms with Crippen LogP contribution in [0.1, 0.15) is 51.4 Å². The highest BCUT2D eigenvalue weighted by Crippen LogP contribution is 2.22. The Hall–Kier alpha value is -2.38. The van der Waals surface area contributed by atoms with Crippen molar-refractivity contribution in [1.29, 1.82) is 0 Å². The Bertz CT molecular complexity index is 881. The normalized spacial score (nSPS) is 12.8. The molecule has 1 aromatic carbocycles. The summed E-state index contributed by atoms with van der Waals surface area (Å²) < 4.78 is 11.0. The maximum Gasteiger partial charge on any atom is 0.349 e. The number of hydrogen-bond acceptors (Lipinski definition) is 6. The largest absolute Gasteiger partial charge is 0.422 e. The predicted octanol–water partition coefficient (Wildman–Crippen LogP) is 2.94. The SMILES string of the molecule is CCN(CC)c1ccc2cc(C(=O)NCC(C)OCCC(C)(C)O)c(=O)oc2c1. The van der Waals surface area contributed by atoms with Crippen LogP contribution in [0, 0.1) is 0 Å². The minimum absolute atomic E-state index is 0.0308. The van der Waals surface area contributed by atoms with Gasteiger partial charge in [0.2, 0.25) is 0 Å². The molecule has 0 aliphatic rings. The van der Waals surface area contributed by atoms with E-state index in [1.807, 2.05) is 25.1 Å². The summed E-state index contributed by atoms with van der Waals surface area (Å²) in [6.07, 6.45) is 0.250. The van der Waals surface area contributed by atoms with E-state index in [4.69, 9.17) is 9.15 Å². The standard InChI is InChI=1S/C22H32N2O5/c1-6-24(7-2)17-9-8-16-12-18(21(26)29-19(16)13-17)20(25)23-14-15(3)28-11-10-22(4,5)27/h8-9,12-13,15,27H,6-7,10-11,14H2,1-5H3,(H,23,25). The zero-order valence-electron chi connectivity index (χ0n) is 17.9. The molecule has 2 rings (SSSR count). The highest BCUT2D eigenvalue weighted by atomic mass is 16.5. The smallest absolute Gasteiger partial charge is 0.349 e. The first-order chi connectivity index (χ1) is 13.6. The van der Waals surface area contributed by atoms with Crippen molar-refractivity contribution in [2.24, 2.45) is 0 Å². The van der Waals surface area contributed by atoms with Gasteiger partial charge in [-0.1, -0.05) is 0 Å². The first-order valence-electron chi connectivity index (χ1n) is 10.1. The minimum atomic E-state index is -0.793. The second-order valence-electron chi connectivity index (χ2n) is 7.80. The summed E-state index contributed by atoms with van der Waals surface area (Å²) in [4.78, 5) is 26.9. The van der Waals surface area contributed by atoms with Crippen LogP contribution in [0.15, 0.2) is 33.5 Å². The summed E-state index contributed by atoms with van der Waals surface area (Å²) >= 11 is 0. The summed E-state index contributed by atoms with van der Waals surface area (Å²) in [6, 6.07) is 7.19. The molecule has 0 aliphatic carbocycles. The number of nitrogens with zero attached hydrogens (tertiary/aromatic N) is 1. The zero-order valence-corrected chi connectivity index (χ0v) is 17.9. The fourth-order valence-electron chi connectivity index (χ4n) is 2.94. The Labute approximate surface area is 171 Å². The molecular formula is C22H32N2O5. The van der Waals surface area contributed by atoms with Crippen molar-refractivity contribution < 1.29 is 19.1 Å². The molecule has 0 saturated heterocycles. The van der Waals surface area contributed by atoms with Gasteiger partial charge in [-0.15, -0.1) is 0 Å². The summed E-state index contributed by atoms with van der Waals surface area (Å²) in [7, 11) is 0. The Morgan fingerprint density at radius 1 is 1.28 bits per heavy atom. The number of aliphatic hydroxyl groups is 1. The topological polar surface area (TPSA) is 92.0 Å². The third-order valence-corrected chi connectivity index (χ3v) is 4.76. The van der Waals surface area contributed by atoms with E-state index >= 15 is 0 Å². The maximum atomic E-state index is 12.4. The number of benzene rings is 1.